The molecule has 230 valence electrons. The van der Waals surface area contributed by atoms with Crippen molar-refractivity contribution in [3.05, 3.63) is 132 Å². The summed E-state index contributed by atoms with van der Waals surface area (Å²) in [6, 6.07) is 27.1. The predicted molar refractivity (Wildman–Crippen MR) is 177 cm³/mol. The first-order valence-electron chi connectivity index (χ1n) is 14.8. The number of fused-ring (bicyclic) bond motifs is 2. The van der Waals surface area contributed by atoms with Crippen LogP contribution < -0.4 is 16.0 Å². The van der Waals surface area contributed by atoms with E-state index in [1.807, 2.05) is 54.7 Å². The number of H-pyrrole nitrogens is 2. The Balaban J connectivity index is 1.13. The fraction of sp³-hybridized carbons (Fsp3) is 0.111. The van der Waals surface area contributed by atoms with Crippen LogP contribution in [0.3, 0.4) is 0 Å². The summed E-state index contributed by atoms with van der Waals surface area (Å²) in [5.41, 5.74) is 4.48. The van der Waals surface area contributed by atoms with Gasteiger partial charge < -0.3 is 31.0 Å². The van der Waals surface area contributed by atoms with Crippen LogP contribution in [-0.2, 0) is 22.4 Å². The van der Waals surface area contributed by atoms with Crippen molar-refractivity contribution in [1.29, 1.82) is 0 Å². The van der Waals surface area contributed by atoms with Crippen molar-refractivity contribution < 1.29 is 24.3 Å². The molecule has 1 atom stereocenters. The molecule has 2 heterocycles. The number of benzene rings is 4. The van der Waals surface area contributed by atoms with Crippen molar-refractivity contribution in [3.63, 3.8) is 0 Å². The summed E-state index contributed by atoms with van der Waals surface area (Å²) < 4.78 is 0. The fourth-order valence-electron chi connectivity index (χ4n) is 5.53. The van der Waals surface area contributed by atoms with E-state index in [4.69, 9.17) is 0 Å². The van der Waals surface area contributed by atoms with Crippen LogP contribution in [0.15, 0.2) is 109 Å². The monoisotopic (exact) mass is 613 g/mol. The zero-order valence-electron chi connectivity index (χ0n) is 24.7. The van der Waals surface area contributed by atoms with Crippen LogP contribution in [0.4, 0.5) is 11.4 Å². The number of carbonyl (C=O) groups is 4. The lowest BCUT2D eigenvalue weighted by atomic mass is 10.0. The third kappa shape index (κ3) is 6.51. The molecule has 0 radical (unpaired) electrons. The van der Waals surface area contributed by atoms with E-state index in [9.17, 15) is 24.3 Å². The molecule has 0 fully saturated rings. The summed E-state index contributed by atoms with van der Waals surface area (Å²) in [6.07, 6.45) is 4.43. The van der Waals surface area contributed by atoms with Crippen molar-refractivity contribution in [2.75, 3.05) is 10.6 Å². The number of hydrogen-bond acceptors (Lipinski definition) is 4. The molecule has 6 aromatic rings. The largest absolute Gasteiger partial charge is 0.480 e. The number of carboxylic acids is 1. The highest BCUT2D eigenvalue weighted by Crippen LogP contribution is 2.23. The predicted octanol–water partition coefficient (Wildman–Crippen LogP) is 5.90. The second kappa shape index (κ2) is 13.2. The molecule has 10 heteroatoms. The van der Waals surface area contributed by atoms with E-state index in [-0.39, 0.29) is 35.6 Å². The van der Waals surface area contributed by atoms with E-state index < -0.39 is 23.8 Å². The van der Waals surface area contributed by atoms with Crippen LogP contribution in [0, 0.1) is 0 Å². The third-order valence-electron chi connectivity index (χ3n) is 7.86. The van der Waals surface area contributed by atoms with Crippen molar-refractivity contribution in [1.82, 2.24) is 15.3 Å². The number of anilines is 2. The maximum atomic E-state index is 13.5. The Bertz CT molecular complexity index is 2080. The smallest absolute Gasteiger partial charge is 0.326 e. The summed E-state index contributed by atoms with van der Waals surface area (Å²) in [4.78, 5) is 58.2. The molecule has 0 saturated heterocycles. The van der Waals surface area contributed by atoms with Gasteiger partial charge in [0.05, 0.1) is 22.5 Å². The first-order chi connectivity index (χ1) is 22.4. The molecule has 0 aliphatic rings. The minimum atomic E-state index is -1.21. The Hall–Kier alpha value is -6.16. The van der Waals surface area contributed by atoms with Gasteiger partial charge in [0.2, 0.25) is 5.91 Å². The van der Waals surface area contributed by atoms with Crippen LogP contribution in [0.5, 0.6) is 0 Å². The number of carboxylic acid groups (broad SMARTS) is 1. The molecule has 0 aliphatic carbocycles. The number of aromatic nitrogens is 2. The molecule has 6 N–H and O–H groups in total. The Kier molecular flexibility index (Phi) is 8.60. The van der Waals surface area contributed by atoms with Gasteiger partial charge in [0, 0.05) is 47.0 Å². The molecule has 6 rings (SSSR count). The van der Waals surface area contributed by atoms with Gasteiger partial charge in [0.1, 0.15) is 6.04 Å². The number of amides is 3. The SMILES string of the molecule is O=C(CCc1c[nH]c2ccccc12)Nc1ccccc1C(=O)Nc1ccccc1C(=O)N[C@@H](Cc1c[nH]c2ccccc12)C(=O)O. The van der Waals surface area contributed by atoms with Gasteiger partial charge in [0.15, 0.2) is 0 Å². The molecule has 2 aromatic heterocycles. The molecule has 0 bridgehead atoms. The standard InChI is InChI=1S/C36H31N5O5/c42-33(18-17-22-20-37-28-13-5-1-9-24(22)28)39-30-15-7-3-11-26(30)34(43)40-31-16-8-4-12-27(31)35(44)41-32(36(45)46)19-23-21-38-29-14-6-2-10-25(23)29/h1-16,20-21,32,37-38H,17-19H2,(H,39,42)(H,40,43)(H,41,44)(H,45,46)/t32-/m0/s1. The zero-order valence-corrected chi connectivity index (χ0v) is 24.7. The molecule has 0 aliphatic heterocycles. The van der Waals surface area contributed by atoms with Crippen LogP contribution >= 0.6 is 0 Å². The summed E-state index contributed by atoms with van der Waals surface area (Å²) >= 11 is 0. The van der Waals surface area contributed by atoms with Crippen LogP contribution in [-0.4, -0.2) is 44.8 Å². The highest BCUT2D eigenvalue weighted by Gasteiger charge is 2.24. The maximum absolute atomic E-state index is 13.5. The molecule has 0 unspecified atom stereocenters. The lowest BCUT2D eigenvalue weighted by molar-refractivity contribution is -0.139. The summed E-state index contributed by atoms with van der Waals surface area (Å²) in [7, 11) is 0. The van der Waals surface area contributed by atoms with E-state index >= 15 is 0 Å². The molecular formula is C36H31N5O5. The lowest BCUT2D eigenvalue weighted by Gasteiger charge is -2.17. The van der Waals surface area contributed by atoms with E-state index in [0.717, 1.165) is 32.9 Å². The van der Waals surface area contributed by atoms with Gasteiger partial charge in [0.25, 0.3) is 11.8 Å². The average molecular weight is 614 g/mol. The van der Waals surface area contributed by atoms with E-state index in [1.165, 1.54) is 6.07 Å². The van der Waals surface area contributed by atoms with Crippen molar-refractivity contribution in [2.45, 2.75) is 25.3 Å². The van der Waals surface area contributed by atoms with Crippen LogP contribution in [0.1, 0.15) is 38.3 Å². The highest BCUT2D eigenvalue weighted by molar-refractivity contribution is 6.13. The van der Waals surface area contributed by atoms with Gasteiger partial charge in [-0.3, -0.25) is 14.4 Å². The van der Waals surface area contributed by atoms with Crippen molar-refractivity contribution in [3.8, 4) is 0 Å². The Morgan fingerprint density at radius 3 is 1.80 bits per heavy atom. The number of aromatic amines is 2. The highest BCUT2D eigenvalue weighted by atomic mass is 16.4. The topological polar surface area (TPSA) is 156 Å². The molecule has 0 spiro atoms. The minimum absolute atomic E-state index is 0.0625. The second-order valence-corrected chi connectivity index (χ2v) is 10.9. The number of rotatable bonds is 11. The Morgan fingerprint density at radius 2 is 1.15 bits per heavy atom. The van der Waals surface area contributed by atoms with Crippen LogP contribution in [0.2, 0.25) is 0 Å². The summed E-state index contributed by atoms with van der Waals surface area (Å²) in [5.74, 6) is -2.63. The molecule has 3 amide bonds. The first-order valence-corrected chi connectivity index (χ1v) is 14.8. The molecule has 10 nitrogen and oxygen atoms in total. The number of para-hydroxylation sites is 4. The fourth-order valence-corrected chi connectivity index (χ4v) is 5.53. The zero-order chi connectivity index (χ0) is 32.0. The number of aryl methyl sites for hydroxylation is 1. The van der Waals surface area contributed by atoms with Crippen LogP contribution in [0.25, 0.3) is 21.8 Å². The third-order valence-corrected chi connectivity index (χ3v) is 7.86. The quantitative estimate of drug-likeness (QED) is 0.107. The van der Waals surface area contributed by atoms with E-state index in [0.29, 0.717) is 12.1 Å². The molecular weight excluding hydrogens is 582 g/mol. The van der Waals surface area contributed by atoms with E-state index in [2.05, 4.69) is 25.9 Å². The van der Waals surface area contributed by atoms with Crippen molar-refractivity contribution in [2.24, 2.45) is 0 Å². The Labute approximate surface area is 263 Å². The average Bonchev–Trinajstić information content (AvgIpc) is 3.68. The Morgan fingerprint density at radius 1 is 0.630 bits per heavy atom. The number of hydrogen-bond donors (Lipinski definition) is 6. The number of aliphatic carboxylic acids is 1. The second-order valence-electron chi connectivity index (χ2n) is 10.9. The molecule has 4 aromatic carbocycles. The minimum Gasteiger partial charge on any atom is -0.480 e. The first kappa shape index (κ1) is 29.9. The van der Waals surface area contributed by atoms with Gasteiger partial charge in [-0.05, 0) is 53.9 Å². The normalized spacial score (nSPS) is 11.7. The van der Waals surface area contributed by atoms with Gasteiger partial charge in [-0.25, -0.2) is 4.79 Å². The van der Waals surface area contributed by atoms with Gasteiger partial charge in [-0.15, -0.1) is 0 Å². The number of nitrogens with one attached hydrogen (secondary N) is 5. The van der Waals surface area contributed by atoms with E-state index in [1.54, 1.807) is 48.7 Å². The van der Waals surface area contributed by atoms with Crippen molar-refractivity contribution >= 4 is 56.9 Å². The maximum Gasteiger partial charge on any atom is 0.326 e. The van der Waals surface area contributed by atoms with Gasteiger partial charge in [-0.1, -0.05) is 60.7 Å². The summed E-state index contributed by atoms with van der Waals surface area (Å²) in [5, 5.41) is 20.0. The van der Waals surface area contributed by atoms with Gasteiger partial charge >= 0.3 is 5.97 Å². The lowest BCUT2D eigenvalue weighted by Crippen LogP contribution is -2.42. The molecule has 46 heavy (non-hydrogen) atoms. The molecule has 0 saturated carbocycles. The number of carbonyl (C=O) groups excluding carboxylic acids is 3. The summed E-state index contributed by atoms with van der Waals surface area (Å²) in [6.45, 7) is 0. The van der Waals surface area contributed by atoms with Gasteiger partial charge in [-0.2, -0.15) is 0 Å².